The van der Waals surface area contributed by atoms with Crippen molar-refractivity contribution in [3.05, 3.63) is 78.5 Å². The molecule has 0 aliphatic heterocycles. The van der Waals surface area contributed by atoms with E-state index in [1.807, 2.05) is 12.1 Å². The van der Waals surface area contributed by atoms with Crippen LogP contribution in [0.15, 0.2) is 67.3 Å². The molecule has 3 heterocycles. The van der Waals surface area contributed by atoms with Crippen LogP contribution in [0.4, 0.5) is 5.82 Å². The maximum Gasteiger partial charge on any atom is 0.275 e. The van der Waals surface area contributed by atoms with Gasteiger partial charge >= 0.3 is 0 Å². The molecule has 0 radical (unpaired) electrons. The molecule has 0 spiro atoms. The standard InChI is InChI=1S/C17H14N4O2/c22-17(14-4-1-2-8-19-14)21-16-15(5-3-9-20-16)23-12-13-6-10-18-11-7-13/h1-11H,12H2,(H,20,21,22). The number of anilines is 1. The second kappa shape index (κ2) is 7.13. The summed E-state index contributed by atoms with van der Waals surface area (Å²) in [5.74, 6) is 0.517. The van der Waals surface area contributed by atoms with E-state index < -0.39 is 0 Å². The lowest BCUT2D eigenvalue weighted by Gasteiger charge is -2.11. The van der Waals surface area contributed by atoms with Crippen LogP contribution in [0.5, 0.6) is 5.75 Å². The molecule has 0 bridgehead atoms. The molecule has 6 heteroatoms. The zero-order valence-electron chi connectivity index (χ0n) is 12.2. The van der Waals surface area contributed by atoms with Gasteiger partial charge in [-0.25, -0.2) is 4.98 Å². The van der Waals surface area contributed by atoms with Gasteiger partial charge in [-0.1, -0.05) is 6.07 Å². The number of carbonyl (C=O) groups excluding carboxylic acids is 1. The first-order valence-corrected chi connectivity index (χ1v) is 7.02. The van der Waals surface area contributed by atoms with Crippen molar-refractivity contribution < 1.29 is 9.53 Å². The molecule has 1 amide bonds. The molecule has 0 aromatic carbocycles. The Kier molecular flexibility index (Phi) is 4.54. The monoisotopic (exact) mass is 306 g/mol. The van der Waals surface area contributed by atoms with Crippen molar-refractivity contribution in [3.63, 3.8) is 0 Å². The molecule has 114 valence electrons. The van der Waals surface area contributed by atoms with Crippen LogP contribution in [-0.4, -0.2) is 20.9 Å². The summed E-state index contributed by atoms with van der Waals surface area (Å²) in [6.45, 7) is 0.362. The Morgan fingerprint density at radius 2 is 1.78 bits per heavy atom. The number of aromatic nitrogens is 3. The number of amides is 1. The Bertz CT molecular complexity index is 779. The third-order valence-corrected chi connectivity index (χ3v) is 3.04. The minimum absolute atomic E-state index is 0.318. The maximum absolute atomic E-state index is 12.2. The van der Waals surface area contributed by atoms with E-state index in [0.29, 0.717) is 23.9 Å². The molecular weight excluding hydrogens is 292 g/mol. The first kappa shape index (κ1) is 14.6. The lowest BCUT2D eigenvalue weighted by molar-refractivity contribution is 0.102. The smallest absolute Gasteiger partial charge is 0.275 e. The first-order valence-electron chi connectivity index (χ1n) is 7.02. The number of ether oxygens (including phenoxy) is 1. The fourth-order valence-corrected chi connectivity index (χ4v) is 1.91. The summed E-state index contributed by atoms with van der Waals surface area (Å²) in [6, 6.07) is 12.4. The summed E-state index contributed by atoms with van der Waals surface area (Å²) < 4.78 is 5.73. The van der Waals surface area contributed by atoms with Crippen molar-refractivity contribution in [2.45, 2.75) is 6.61 Å². The highest BCUT2D eigenvalue weighted by atomic mass is 16.5. The second-order valence-corrected chi connectivity index (χ2v) is 4.66. The van der Waals surface area contributed by atoms with Crippen LogP contribution in [0.25, 0.3) is 0 Å². The highest BCUT2D eigenvalue weighted by Crippen LogP contribution is 2.22. The number of rotatable bonds is 5. The van der Waals surface area contributed by atoms with Gasteiger partial charge in [0.1, 0.15) is 12.3 Å². The Labute approximate surface area is 133 Å². The molecule has 0 unspecified atom stereocenters. The summed E-state index contributed by atoms with van der Waals surface area (Å²) in [5.41, 5.74) is 1.30. The number of pyridine rings is 3. The van der Waals surface area contributed by atoms with Crippen molar-refractivity contribution >= 4 is 11.7 Å². The predicted octanol–water partition coefficient (Wildman–Crippen LogP) is 2.70. The van der Waals surface area contributed by atoms with E-state index in [1.54, 1.807) is 55.1 Å². The SMILES string of the molecule is O=C(Nc1ncccc1OCc1ccncc1)c1ccccn1. The fraction of sp³-hybridized carbons (Fsp3) is 0.0588. The molecule has 3 aromatic rings. The largest absolute Gasteiger partial charge is 0.485 e. The molecule has 0 aliphatic carbocycles. The maximum atomic E-state index is 12.2. The van der Waals surface area contributed by atoms with Gasteiger partial charge in [-0.05, 0) is 42.0 Å². The molecule has 0 aliphatic rings. The zero-order valence-corrected chi connectivity index (χ0v) is 12.2. The third-order valence-electron chi connectivity index (χ3n) is 3.04. The van der Waals surface area contributed by atoms with Gasteiger partial charge in [0.05, 0.1) is 0 Å². The van der Waals surface area contributed by atoms with E-state index in [1.165, 1.54) is 0 Å². The van der Waals surface area contributed by atoms with Crippen LogP contribution < -0.4 is 10.1 Å². The van der Waals surface area contributed by atoms with E-state index in [0.717, 1.165) is 5.56 Å². The van der Waals surface area contributed by atoms with E-state index in [2.05, 4.69) is 20.3 Å². The van der Waals surface area contributed by atoms with Crippen LogP contribution in [0.3, 0.4) is 0 Å². The third kappa shape index (κ3) is 3.88. The van der Waals surface area contributed by atoms with Gasteiger partial charge in [0.25, 0.3) is 5.91 Å². The average Bonchev–Trinajstić information content (AvgIpc) is 2.62. The van der Waals surface area contributed by atoms with Gasteiger partial charge in [0.2, 0.25) is 0 Å². The van der Waals surface area contributed by atoms with Gasteiger partial charge in [-0.2, -0.15) is 0 Å². The lowest BCUT2D eigenvalue weighted by Crippen LogP contribution is -2.15. The fourth-order valence-electron chi connectivity index (χ4n) is 1.91. The number of nitrogens with zero attached hydrogens (tertiary/aromatic N) is 3. The molecule has 1 N–H and O–H groups in total. The van der Waals surface area contributed by atoms with Gasteiger partial charge in [-0.3, -0.25) is 14.8 Å². The molecule has 23 heavy (non-hydrogen) atoms. The van der Waals surface area contributed by atoms with Crippen molar-refractivity contribution in [1.82, 2.24) is 15.0 Å². The molecular formula is C17H14N4O2. The van der Waals surface area contributed by atoms with Gasteiger partial charge < -0.3 is 10.1 Å². The minimum atomic E-state index is -0.335. The molecule has 0 atom stereocenters. The minimum Gasteiger partial charge on any atom is -0.485 e. The van der Waals surface area contributed by atoms with Crippen molar-refractivity contribution in [1.29, 1.82) is 0 Å². The molecule has 0 saturated heterocycles. The van der Waals surface area contributed by atoms with E-state index >= 15 is 0 Å². The van der Waals surface area contributed by atoms with Gasteiger partial charge in [0, 0.05) is 24.8 Å². The van der Waals surface area contributed by atoms with Crippen LogP contribution in [0.2, 0.25) is 0 Å². The van der Waals surface area contributed by atoms with Crippen molar-refractivity contribution in [3.8, 4) is 5.75 Å². The van der Waals surface area contributed by atoms with Crippen LogP contribution >= 0.6 is 0 Å². The number of nitrogens with one attached hydrogen (secondary N) is 1. The Morgan fingerprint density at radius 3 is 2.57 bits per heavy atom. The Balaban J connectivity index is 1.72. The van der Waals surface area contributed by atoms with E-state index in [4.69, 9.17) is 4.74 Å². The molecule has 3 rings (SSSR count). The summed E-state index contributed by atoms with van der Waals surface area (Å²) in [4.78, 5) is 24.3. The van der Waals surface area contributed by atoms with Gasteiger partial charge in [-0.15, -0.1) is 0 Å². The first-order chi connectivity index (χ1) is 11.3. The number of hydrogen-bond acceptors (Lipinski definition) is 5. The normalized spacial score (nSPS) is 10.1. The van der Waals surface area contributed by atoms with E-state index in [-0.39, 0.29) is 5.91 Å². The summed E-state index contributed by atoms with van der Waals surface area (Å²) in [7, 11) is 0. The molecule has 6 nitrogen and oxygen atoms in total. The number of hydrogen-bond donors (Lipinski definition) is 1. The van der Waals surface area contributed by atoms with Crippen LogP contribution in [0, 0.1) is 0 Å². The Morgan fingerprint density at radius 1 is 0.957 bits per heavy atom. The van der Waals surface area contributed by atoms with Crippen molar-refractivity contribution in [2.24, 2.45) is 0 Å². The highest BCUT2D eigenvalue weighted by molar-refractivity contribution is 6.02. The predicted molar refractivity (Wildman–Crippen MR) is 85.0 cm³/mol. The average molecular weight is 306 g/mol. The molecule has 0 fully saturated rings. The van der Waals surface area contributed by atoms with Gasteiger partial charge in [0.15, 0.2) is 11.6 Å². The van der Waals surface area contributed by atoms with Crippen molar-refractivity contribution in [2.75, 3.05) is 5.32 Å². The quantitative estimate of drug-likeness (QED) is 0.784. The molecule has 3 aromatic heterocycles. The lowest BCUT2D eigenvalue weighted by atomic mass is 10.3. The van der Waals surface area contributed by atoms with Crippen LogP contribution in [-0.2, 0) is 6.61 Å². The van der Waals surface area contributed by atoms with E-state index in [9.17, 15) is 4.79 Å². The highest BCUT2D eigenvalue weighted by Gasteiger charge is 2.11. The molecule has 0 saturated carbocycles. The summed E-state index contributed by atoms with van der Waals surface area (Å²) in [6.07, 6.45) is 6.55. The summed E-state index contributed by atoms with van der Waals surface area (Å²) in [5, 5.41) is 2.71. The number of carbonyl (C=O) groups is 1. The topological polar surface area (TPSA) is 77.0 Å². The summed E-state index contributed by atoms with van der Waals surface area (Å²) >= 11 is 0. The second-order valence-electron chi connectivity index (χ2n) is 4.66. The van der Waals surface area contributed by atoms with Crippen LogP contribution in [0.1, 0.15) is 16.1 Å². The zero-order chi connectivity index (χ0) is 15.9. The Hall–Kier alpha value is -3.28.